The van der Waals surface area contributed by atoms with Gasteiger partial charge in [0.05, 0.1) is 34.3 Å². The zero-order chi connectivity index (χ0) is 29.7. The molecule has 0 spiro atoms. The van der Waals surface area contributed by atoms with Gasteiger partial charge in [0.15, 0.2) is 11.5 Å². The maximum atomic E-state index is 14.1. The first-order valence-electron chi connectivity index (χ1n) is 14.1. The maximum absolute atomic E-state index is 14.1. The van der Waals surface area contributed by atoms with Gasteiger partial charge < -0.3 is 24.8 Å². The molecule has 1 aliphatic carbocycles. The van der Waals surface area contributed by atoms with E-state index in [1.807, 2.05) is 78.9 Å². The largest absolute Gasteiger partial charge is 0.504 e. The predicted molar refractivity (Wildman–Crippen MR) is 169 cm³/mol. The second-order valence-corrected chi connectivity index (χ2v) is 12.6. The number of phenols is 1. The van der Waals surface area contributed by atoms with E-state index in [9.17, 15) is 19.7 Å². The first-order chi connectivity index (χ1) is 20.2. The first kappa shape index (κ1) is 28.8. The van der Waals surface area contributed by atoms with Crippen LogP contribution in [0.2, 0.25) is 0 Å². The third kappa shape index (κ3) is 4.99. The summed E-state index contributed by atoms with van der Waals surface area (Å²) in [5, 5.41) is 25.0. The number of halogens is 1. The molecule has 0 bridgehead atoms. The number of para-hydroxylation sites is 1. The Morgan fingerprint density at radius 1 is 1.02 bits per heavy atom. The van der Waals surface area contributed by atoms with Crippen LogP contribution in [0.5, 0.6) is 11.5 Å². The summed E-state index contributed by atoms with van der Waals surface area (Å²) in [7, 11) is 0.277. The van der Waals surface area contributed by atoms with E-state index in [0.717, 1.165) is 28.0 Å². The molecule has 3 aliphatic rings. The number of ether oxygens (including phenoxy) is 1. The van der Waals surface area contributed by atoms with Crippen molar-refractivity contribution in [2.75, 3.05) is 17.3 Å². The molecule has 0 aromatic heterocycles. The lowest BCUT2D eigenvalue weighted by Crippen LogP contribution is -2.45. The first-order valence-corrected chi connectivity index (χ1v) is 15.2. The molecule has 2 saturated heterocycles. The number of fused-ring (bicyclic) bond motifs is 3. The molecule has 3 N–H and O–H groups in total. The minimum absolute atomic E-state index is 0.0378. The molecule has 216 valence electrons. The second kappa shape index (κ2) is 11.4. The highest BCUT2D eigenvalue weighted by Gasteiger charge is 2.58. The smallest absolute Gasteiger partial charge is 0.487 e. The summed E-state index contributed by atoms with van der Waals surface area (Å²) < 4.78 is 12.1. The number of carbonyl (C=O) groups is 2. The van der Waals surface area contributed by atoms with Crippen molar-refractivity contribution in [1.82, 2.24) is 0 Å². The van der Waals surface area contributed by atoms with Gasteiger partial charge >= 0.3 is 7.12 Å². The van der Waals surface area contributed by atoms with Gasteiger partial charge in [0.25, 0.3) is 0 Å². The van der Waals surface area contributed by atoms with Gasteiger partial charge in [0.2, 0.25) is 11.8 Å². The quantitative estimate of drug-likeness (QED) is 0.167. The van der Waals surface area contributed by atoms with E-state index in [0.29, 0.717) is 27.8 Å². The Balaban J connectivity index is 1.32. The van der Waals surface area contributed by atoms with Gasteiger partial charge in [-0.25, -0.2) is 0 Å². The standard InChI is InChI=1S/C32H32BIN2O6/c1-17(2)22-15-24-28(23-16-26(42-33(40)29(22)23)18-13-25(34)30(37)27(14-18)41-3)32(39)36(31(24)38)21-11-9-20(10-12-21)35-19-7-5-4-6-8-19/h4-14,17,23-24,26,28,35,37,40H,15-16H2,1-3H3/t23-,24-,26-,28+/m0/s1. The molecule has 42 heavy (non-hydrogen) atoms. The van der Waals surface area contributed by atoms with E-state index in [-0.39, 0.29) is 29.4 Å². The summed E-state index contributed by atoms with van der Waals surface area (Å²) in [6.07, 6.45) is 0.281. The van der Waals surface area contributed by atoms with Crippen LogP contribution in [0.3, 0.4) is 0 Å². The molecule has 6 rings (SSSR count). The second-order valence-electron chi connectivity index (χ2n) is 11.4. The van der Waals surface area contributed by atoms with Crippen LogP contribution in [0.4, 0.5) is 17.1 Å². The van der Waals surface area contributed by atoms with Crippen molar-refractivity contribution in [3.8, 4) is 11.5 Å². The Kier molecular flexibility index (Phi) is 7.80. The molecule has 2 amide bonds. The minimum Gasteiger partial charge on any atom is -0.504 e. The monoisotopic (exact) mass is 678 g/mol. The lowest BCUT2D eigenvalue weighted by molar-refractivity contribution is -0.123. The molecule has 8 nitrogen and oxygen atoms in total. The summed E-state index contributed by atoms with van der Waals surface area (Å²) in [4.78, 5) is 29.3. The van der Waals surface area contributed by atoms with Gasteiger partial charge in [-0.05, 0) is 107 Å². The number of anilines is 3. The molecule has 4 atom stereocenters. The fourth-order valence-electron chi connectivity index (χ4n) is 6.69. The van der Waals surface area contributed by atoms with Crippen molar-refractivity contribution < 1.29 is 29.1 Å². The van der Waals surface area contributed by atoms with Crippen molar-refractivity contribution >= 4 is 58.6 Å². The van der Waals surface area contributed by atoms with Crippen molar-refractivity contribution in [3.63, 3.8) is 0 Å². The van der Waals surface area contributed by atoms with Gasteiger partial charge in [-0.3, -0.25) is 14.5 Å². The molecule has 0 saturated carbocycles. The van der Waals surface area contributed by atoms with Gasteiger partial charge in [-0.15, -0.1) is 0 Å². The van der Waals surface area contributed by atoms with Crippen LogP contribution >= 0.6 is 22.6 Å². The zero-order valence-corrected chi connectivity index (χ0v) is 25.7. The summed E-state index contributed by atoms with van der Waals surface area (Å²) in [6, 6.07) is 20.6. The topological polar surface area (TPSA) is 108 Å². The molecular weight excluding hydrogens is 646 g/mol. The number of allylic oxidation sites excluding steroid dienone is 2. The van der Waals surface area contributed by atoms with Crippen LogP contribution in [-0.4, -0.2) is 36.2 Å². The lowest BCUT2D eigenvalue weighted by atomic mass is 9.54. The van der Waals surface area contributed by atoms with Crippen molar-refractivity contribution in [2.24, 2.45) is 23.7 Å². The van der Waals surface area contributed by atoms with E-state index >= 15 is 0 Å². The predicted octanol–water partition coefficient (Wildman–Crippen LogP) is 6.01. The highest BCUT2D eigenvalue weighted by atomic mass is 127. The molecular formula is C32H32BIN2O6. The lowest BCUT2D eigenvalue weighted by Gasteiger charge is -2.43. The van der Waals surface area contributed by atoms with Crippen molar-refractivity contribution in [1.29, 1.82) is 0 Å². The van der Waals surface area contributed by atoms with Gasteiger partial charge in [-0.1, -0.05) is 37.6 Å². The van der Waals surface area contributed by atoms with Crippen LogP contribution in [0.25, 0.3) is 0 Å². The third-order valence-corrected chi connectivity index (χ3v) is 9.50. The minimum atomic E-state index is -1.20. The summed E-state index contributed by atoms with van der Waals surface area (Å²) in [6.45, 7) is 4.09. The molecule has 0 radical (unpaired) electrons. The molecule has 2 aliphatic heterocycles. The number of hydrogen-bond acceptors (Lipinski definition) is 7. The van der Waals surface area contributed by atoms with E-state index < -0.39 is 25.1 Å². The number of nitrogens with zero attached hydrogens (tertiary/aromatic N) is 1. The number of aromatic hydroxyl groups is 1. The van der Waals surface area contributed by atoms with Crippen LogP contribution < -0.4 is 15.0 Å². The van der Waals surface area contributed by atoms with E-state index in [2.05, 4.69) is 5.32 Å². The highest BCUT2D eigenvalue weighted by molar-refractivity contribution is 14.1. The number of nitrogens with one attached hydrogen (secondary N) is 1. The van der Waals surface area contributed by atoms with Crippen molar-refractivity contribution in [2.45, 2.75) is 32.8 Å². The van der Waals surface area contributed by atoms with Gasteiger partial charge in [-0.2, -0.15) is 0 Å². The number of benzene rings is 3. The maximum Gasteiger partial charge on any atom is 0.487 e. The van der Waals surface area contributed by atoms with Crippen LogP contribution in [0.15, 0.2) is 77.8 Å². The molecule has 2 fully saturated rings. The third-order valence-electron chi connectivity index (χ3n) is 8.67. The number of carbonyl (C=O) groups excluding carboxylic acids is 2. The average Bonchev–Trinajstić information content (AvgIpc) is 3.24. The number of methoxy groups -OCH3 is 1. The fraction of sp³-hybridized carbons (Fsp3) is 0.312. The number of phenolic OH excluding ortho intramolecular Hbond substituents is 1. The SMILES string of the molecule is COc1cc([C@@H]2C[C@@H]3C(=C(C(C)C)C[C@@H]4C(=O)N(c5ccc(Nc6ccccc6)cc5)C(=O)[C@@H]43)B(O)O2)cc(I)c1O. The van der Waals surface area contributed by atoms with Crippen LogP contribution in [0.1, 0.15) is 38.4 Å². The van der Waals surface area contributed by atoms with Crippen molar-refractivity contribution in [3.05, 3.63) is 86.9 Å². The molecule has 10 heteroatoms. The fourth-order valence-corrected chi connectivity index (χ4v) is 7.31. The normalized spacial score (nSPS) is 23.8. The summed E-state index contributed by atoms with van der Waals surface area (Å²) >= 11 is 2.03. The van der Waals surface area contributed by atoms with E-state index in [1.165, 1.54) is 12.0 Å². The average molecular weight is 678 g/mol. The number of hydrogen-bond donors (Lipinski definition) is 3. The Hall–Kier alpha value is -3.35. The van der Waals surface area contributed by atoms with Crippen LogP contribution in [0, 0.1) is 27.2 Å². The van der Waals surface area contributed by atoms with E-state index in [4.69, 9.17) is 9.39 Å². The number of imide groups is 1. The van der Waals surface area contributed by atoms with Gasteiger partial charge in [0.1, 0.15) is 0 Å². The van der Waals surface area contributed by atoms with E-state index in [1.54, 1.807) is 24.3 Å². The van der Waals surface area contributed by atoms with Crippen LogP contribution in [-0.2, 0) is 14.2 Å². The summed E-state index contributed by atoms with van der Waals surface area (Å²) in [5.41, 5.74) is 4.77. The zero-order valence-electron chi connectivity index (χ0n) is 23.6. The number of rotatable bonds is 6. The Bertz CT molecular complexity index is 1560. The molecule has 3 aromatic carbocycles. The van der Waals surface area contributed by atoms with Gasteiger partial charge in [0, 0.05) is 11.4 Å². The molecule has 3 aromatic rings. The summed E-state index contributed by atoms with van der Waals surface area (Å²) in [5.74, 6) is -1.50. The Morgan fingerprint density at radius 3 is 2.38 bits per heavy atom. The Labute approximate surface area is 259 Å². The molecule has 0 unspecified atom stereocenters. The molecule has 2 heterocycles. The Morgan fingerprint density at radius 2 is 1.71 bits per heavy atom. The highest BCUT2D eigenvalue weighted by Crippen LogP contribution is 2.53. The number of amides is 2.